The summed E-state index contributed by atoms with van der Waals surface area (Å²) in [6.07, 6.45) is 1.21. The molecule has 0 radical (unpaired) electrons. The summed E-state index contributed by atoms with van der Waals surface area (Å²) < 4.78 is 6.02. The number of carbonyl (C=O) groups excluding carboxylic acids is 2. The van der Waals surface area contributed by atoms with Crippen LogP contribution in [0.3, 0.4) is 0 Å². The van der Waals surface area contributed by atoms with E-state index in [-0.39, 0.29) is 24.3 Å². The maximum atomic E-state index is 13.0. The van der Waals surface area contributed by atoms with Crippen molar-refractivity contribution in [2.45, 2.75) is 46.3 Å². The van der Waals surface area contributed by atoms with Crippen LogP contribution in [0.5, 0.6) is 5.75 Å². The quantitative estimate of drug-likeness (QED) is 0.284. The fourth-order valence-electron chi connectivity index (χ4n) is 4.87. The molecule has 0 bridgehead atoms. The van der Waals surface area contributed by atoms with Gasteiger partial charge in [-0.1, -0.05) is 32.0 Å². The molecular formula is C29H36N4O4. The molecule has 1 saturated heterocycles. The van der Waals surface area contributed by atoms with Crippen molar-refractivity contribution in [2.75, 3.05) is 19.6 Å². The lowest BCUT2D eigenvalue weighted by molar-refractivity contribution is -0.130. The Morgan fingerprint density at radius 3 is 2.62 bits per heavy atom. The third-order valence-corrected chi connectivity index (χ3v) is 6.87. The molecule has 0 saturated carbocycles. The normalized spacial score (nSPS) is 17.8. The largest absolute Gasteiger partial charge is 0.489 e. The SMILES string of the molecule is Cc1cc(COc2ccc(C(=O)N[C@@H]3CN(CCC(C)C)C[C@@H]3CC(=O)NO)cc2)c2ccccc2n1. The van der Waals surface area contributed by atoms with Crippen LogP contribution in [0.25, 0.3) is 10.9 Å². The summed E-state index contributed by atoms with van der Waals surface area (Å²) >= 11 is 0. The lowest BCUT2D eigenvalue weighted by Crippen LogP contribution is -2.42. The molecule has 3 N–H and O–H groups in total. The highest BCUT2D eigenvalue weighted by Crippen LogP contribution is 2.23. The molecule has 1 aliphatic rings. The number of aryl methyl sites for hydroxylation is 1. The summed E-state index contributed by atoms with van der Waals surface area (Å²) in [5.74, 6) is 0.564. The van der Waals surface area contributed by atoms with Gasteiger partial charge in [0.15, 0.2) is 0 Å². The van der Waals surface area contributed by atoms with Crippen molar-refractivity contribution in [1.82, 2.24) is 20.7 Å². The average molecular weight is 505 g/mol. The summed E-state index contributed by atoms with van der Waals surface area (Å²) in [6, 6.07) is 17.0. The van der Waals surface area contributed by atoms with Gasteiger partial charge in [-0.3, -0.25) is 19.8 Å². The van der Waals surface area contributed by atoms with Gasteiger partial charge < -0.3 is 15.0 Å². The number of nitrogens with zero attached hydrogens (tertiary/aromatic N) is 2. The maximum Gasteiger partial charge on any atom is 0.251 e. The van der Waals surface area contributed by atoms with E-state index >= 15 is 0 Å². The Balaban J connectivity index is 1.37. The van der Waals surface area contributed by atoms with Crippen LogP contribution in [-0.2, 0) is 11.4 Å². The number of hydrogen-bond acceptors (Lipinski definition) is 6. The number of amides is 2. The van der Waals surface area contributed by atoms with Gasteiger partial charge in [-0.15, -0.1) is 0 Å². The lowest BCUT2D eigenvalue weighted by atomic mass is 9.99. The molecule has 4 rings (SSSR count). The molecule has 196 valence electrons. The topological polar surface area (TPSA) is 104 Å². The second-order valence-corrected chi connectivity index (χ2v) is 10.3. The number of likely N-dealkylation sites (tertiary alicyclic amines) is 1. The lowest BCUT2D eigenvalue weighted by Gasteiger charge is -2.19. The predicted molar refractivity (Wildman–Crippen MR) is 142 cm³/mol. The van der Waals surface area contributed by atoms with E-state index in [1.165, 1.54) is 0 Å². The second kappa shape index (κ2) is 12.2. The van der Waals surface area contributed by atoms with E-state index in [1.54, 1.807) is 29.7 Å². The number of nitrogens with one attached hydrogen (secondary N) is 2. The van der Waals surface area contributed by atoms with Crippen molar-refractivity contribution < 1.29 is 19.5 Å². The van der Waals surface area contributed by atoms with E-state index in [4.69, 9.17) is 9.94 Å². The average Bonchev–Trinajstić information content (AvgIpc) is 3.26. The van der Waals surface area contributed by atoms with Gasteiger partial charge in [-0.2, -0.15) is 0 Å². The van der Waals surface area contributed by atoms with Crippen LogP contribution < -0.4 is 15.5 Å². The first kappa shape index (κ1) is 26.6. The summed E-state index contributed by atoms with van der Waals surface area (Å²) in [6.45, 7) is 9.04. The zero-order chi connectivity index (χ0) is 26.4. The number of ether oxygens (including phenoxy) is 1. The van der Waals surface area contributed by atoms with Gasteiger partial charge in [0.2, 0.25) is 5.91 Å². The number of pyridine rings is 1. The first-order valence-corrected chi connectivity index (χ1v) is 12.9. The number of benzene rings is 2. The van der Waals surface area contributed by atoms with Crippen molar-refractivity contribution in [3.8, 4) is 5.75 Å². The number of para-hydroxylation sites is 1. The number of hydroxylamine groups is 1. The molecule has 8 nitrogen and oxygen atoms in total. The van der Waals surface area contributed by atoms with Gasteiger partial charge in [-0.25, -0.2) is 5.48 Å². The smallest absolute Gasteiger partial charge is 0.251 e. The minimum absolute atomic E-state index is 0.0653. The predicted octanol–water partition coefficient (Wildman–Crippen LogP) is 4.09. The minimum atomic E-state index is -0.436. The summed E-state index contributed by atoms with van der Waals surface area (Å²) in [5, 5.41) is 13.1. The summed E-state index contributed by atoms with van der Waals surface area (Å²) in [5.41, 5.74) is 5.19. The zero-order valence-electron chi connectivity index (χ0n) is 21.7. The Morgan fingerprint density at radius 2 is 1.89 bits per heavy atom. The number of fused-ring (bicyclic) bond motifs is 1. The van der Waals surface area contributed by atoms with Crippen molar-refractivity contribution >= 4 is 22.7 Å². The molecule has 0 unspecified atom stereocenters. The molecule has 1 aromatic heterocycles. The molecule has 2 aromatic carbocycles. The van der Waals surface area contributed by atoms with Crippen molar-refractivity contribution in [3.63, 3.8) is 0 Å². The van der Waals surface area contributed by atoms with Gasteiger partial charge in [0.05, 0.1) is 5.52 Å². The maximum absolute atomic E-state index is 13.0. The Hall–Kier alpha value is -3.49. The number of rotatable bonds is 10. The molecule has 8 heteroatoms. The molecule has 2 amide bonds. The summed E-state index contributed by atoms with van der Waals surface area (Å²) in [4.78, 5) is 31.7. The number of aromatic nitrogens is 1. The van der Waals surface area contributed by atoms with Gasteiger partial charge in [-0.05, 0) is 62.2 Å². The molecular weight excluding hydrogens is 468 g/mol. The highest BCUT2D eigenvalue weighted by atomic mass is 16.5. The van der Waals surface area contributed by atoms with Crippen LogP contribution in [0.2, 0.25) is 0 Å². The first-order chi connectivity index (χ1) is 17.8. The van der Waals surface area contributed by atoms with E-state index < -0.39 is 5.91 Å². The Labute approximate surface area is 218 Å². The molecule has 3 aromatic rings. The van der Waals surface area contributed by atoms with Crippen LogP contribution in [-0.4, -0.2) is 52.6 Å². The van der Waals surface area contributed by atoms with Crippen molar-refractivity contribution in [1.29, 1.82) is 0 Å². The first-order valence-electron chi connectivity index (χ1n) is 12.9. The van der Waals surface area contributed by atoms with E-state index in [0.717, 1.165) is 35.1 Å². The molecule has 0 aliphatic carbocycles. The van der Waals surface area contributed by atoms with Crippen LogP contribution in [0.15, 0.2) is 54.6 Å². The van der Waals surface area contributed by atoms with E-state index in [2.05, 4.69) is 29.0 Å². The molecule has 0 spiro atoms. The Morgan fingerprint density at radius 1 is 1.14 bits per heavy atom. The Kier molecular flexibility index (Phi) is 8.74. The number of hydrogen-bond donors (Lipinski definition) is 3. The monoisotopic (exact) mass is 504 g/mol. The van der Waals surface area contributed by atoms with Gasteiger partial charge in [0.25, 0.3) is 5.91 Å². The van der Waals surface area contributed by atoms with Crippen LogP contribution >= 0.6 is 0 Å². The van der Waals surface area contributed by atoms with Gasteiger partial charge >= 0.3 is 0 Å². The van der Waals surface area contributed by atoms with Crippen LogP contribution in [0.1, 0.15) is 48.3 Å². The molecule has 1 aliphatic heterocycles. The fraction of sp³-hybridized carbons (Fsp3) is 0.414. The zero-order valence-corrected chi connectivity index (χ0v) is 21.7. The fourth-order valence-corrected chi connectivity index (χ4v) is 4.87. The van der Waals surface area contributed by atoms with Gasteiger partial charge in [0, 0.05) is 53.7 Å². The third kappa shape index (κ3) is 7.05. The van der Waals surface area contributed by atoms with Crippen molar-refractivity contribution in [2.24, 2.45) is 11.8 Å². The third-order valence-electron chi connectivity index (χ3n) is 6.87. The van der Waals surface area contributed by atoms with E-state index in [1.807, 2.05) is 37.3 Å². The van der Waals surface area contributed by atoms with Crippen LogP contribution in [0.4, 0.5) is 0 Å². The van der Waals surface area contributed by atoms with Crippen molar-refractivity contribution in [3.05, 3.63) is 71.4 Å². The Bertz CT molecular complexity index is 1230. The number of carbonyl (C=O) groups is 2. The highest BCUT2D eigenvalue weighted by molar-refractivity contribution is 5.94. The molecule has 2 heterocycles. The second-order valence-electron chi connectivity index (χ2n) is 10.3. The molecule has 2 atom stereocenters. The molecule has 37 heavy (non-hydrogen) atoms. The van der Waals surface area contributed by atoms with E-state index in [9.17, 15) is 9.59 Å². The van der Waals surface area contributed by atoms with Gasteiger partial charge in [0.1, 0.15) is 12.4 Å². The minimum Gasteiger partial charge on any atom is -0.489 e. The van der Waals surface area contributed by atoms with E-state index in [0.29, 0.717) is 36.9 Å². The highest BCUT2D eigenvalue weighted by Gasteiger charge is 2.35. The standard InChI is InChI=1S/C29H36N4O4/c1-19(2)12-13-33-16-22(15-28(34)32-36)27(17-33)31-29(35)21-8-10-24(11-9-21)37-18-23-14-20(3)30-26-7-5-4-6-25(23)26/h4-11,14,19,22,27,36H,12-13,15-18H2,1-3H3,(H,31,35)(H,32,34)/t22-,27+/m0/s1. The summed E-state index contributed by atoms with van der Waals surface area (Å²) in [7, 11) is 0. The van der Waals surface area contributed by atoms with Crippen LogP contribution in [0, 0.1) is 18.8 Å². The molecule has 1 fully saturated rings.